The fourth-order valence-corrected chi connectivity index (χ4v) is 2.34. The first-order chi connectivity index (χ1) is 10.6. The van der Waals surface area contributed by atoms with Crippen LogP contribution in [0.25, 0.3) is 11.0 Å². The molecule has 2 N–H and O–H groups in total. The Kier molecular flexibility index (Phi) is 3.93. The molecule has 0 bridgehead atoms. The maximum atomic E-state index is 12.0. The Morgan fingerprint density at radius 3 is 3.00 bits per heavy atom. The van der Waals surface area contributed by atoms with Gasteiger partial charge >= 0.3 is 0 Å². The lowest BCUT2D eigenvalue weighted by Gasteiger charge is -2.04. The van der Waals surface area contributed by atoms with Crippen molar-refractivity contribution in [2.45, 2.75) is 19.4 Å². The Bertz CT molecular complexity index is 804. The molecule has 0 saturated heterocycles. The number of anilines is 1. The van der Waals surface area contributed by atoms with Crippen LogP contribution < -0.4 is 5.32 Å². The lowest BCUT2D eigenvalue weighted by Crippen LogP contribution is -2.12. The van der Waals surface area contributed by atoms with E-state index in [0.717, 1.165) is 10.9 Å². The minimum atomic E-state index is -0.137. The van der Waals surface area contributed by atoms with E-state index in [9.17, 15) is 4.79 Å². The maximum absolute atomic E-state index is 12.0. The van der Waals surface area contributed by atoms with Gasteiger partial charge < -0.3 is 14.8 Å². The van der Waals surface area contributed by atoms with Gasteiger partial charge in [-0.25, -0.2) is 0 Å². The standard InChI is InChI=1S/C16H17N3O3/c1-19-9-11(8-17-19)2-5-16(21)18-13-3-4-15-12(6-13)7-14(10-20)22-15/h3-4,6-9,20H,2,5,10H2,1H3,(H,18,21). The number of fused-ring (bicyclic) bond motifs is 1. The molecule has 6 nitrogen and oxygen atoms in total. The van der Waals surface area contributed by atoms with Crippen LogP contribution in [-0.4, -0.2) is 20.8 Å². The Morgan fingerprint density at radius 2 is 2.27 bits per heavy atom. The molecule has 0 spiro atoms. The molecule has 0 aliphatic heterocycles. The number of carbonyl (C=O) groups excluding carboxylic acids is 1. The normalized spacial score (nSPS) is 11.0. The van der Waals surface area contributed by atoms with Gasteiger partial charge in [0.25, 0.3) is 0 Å². The molecule has 114 valence electrons. The third-order valence-corrected chi connectivity index (χ3v) is 3.41. The monoisotopic (exact) mass is 299 g/mol. The van der Waals surface area contributed by atoms with Crippen molar-refractivity contribution in [3.63, 3.8) is 0 Å². The number of aliphatic hydroxyl groups excluding tert-OH is 1. The molecule has 0 radical (unpaired) electrons. The van der Waals surface area contributed by atoms with Gasteiger partial charge in [0.1, 0.15) is 18.0 Å². The minimum Gasteiger partial charge on any atom is -0.459 e. The number of hydrogen-bond acceptors (Lipinski definition) is 4. The summed E-state index contributed by atoms with van der Waals surface area (Å²) in [7, 11) is 1.85. The van der Waals surface area contributed by atoms with Gasteiger partial charge in [0.2, 0.25) is 5.91 Å². The summed E-state index contributed by atoms with van der Waals surface area (Å²) < 4.78 is 7.13. The molecule has 1 aromatic carbocycles. The predicted molar refractivity (Wildman–Crippen MR) is 82.3 cm³/mol. The molecule has 2 heterocycles. The summed E-state index contributed by atoms with van der Waals surface area (Å²) in [4.78, 5) is 12.0. The summed E-state index contributed by atoms with van der Waals surface area (Å²) in [5.41, 5.74) is 2.45. The van der Waals surface area contributed by atoms with Crippen LogP contribution in [-0.2, 0) is 24.9 Å². The highest BCUT2D eigenvalue weighted by Crippen LogP contribution is 2.23. The van der Waals surface area contributed by atoms with E-state index in [0.29, 0.717) is 29.9 Å². The van der Waals surface area contributed by atoms with Crippen molar-refractivity contribution in [2.75, 3.05) is 5.32 Å². The van der Waals surface area contributed by atoms with E-state index in [4.69, 9.17) is 9.52 Å². The van der Waals surface area contributed by atoms with E-state index < -0.39 is 0 Å². The number of rotatable bonds is 5. The number of amides is 1. The van der Waals surface area contributed by atoms with Crippen molar-refractivity contribution >= 4 is 22.6 Å². The van der Waals surface area contributed by atoms with Crippen LogP contribution in [0.3, 0.4) is 0 Å². The van der Waals surface area contributed by atoms with Gasteiger partial charge in [-0.05, 0) is 36.2 Å². The van der Waals surface area contributed by atoms with E-state index in [1.807, 2.05) is 19.3 Å². The summed E-state index contributed by atoms with van der Waals surface area (Å²) >= 11 is 0. The summed E-state index contributed by atoms with van der Waals surface area (Å²) in [5, 5.41) is 16.9. The number of furan rings is 1. The van der Waals surface area contributed by atoms with Crippen molar-refractivity contribution < 1.29 is 14.3 Å². The number of aromatic nitrogens is 2. The number of aryl methyl sites for hydroxylation is 2. The summed E-state index contributed by atoms with van der Waals surface area (Å²) in [6, 6.07) is 7.17. The molecule has 22 heavy (non-hydrogen) atoms. The van der Waals surface area contributed by atoms with Crippen molar-refractivity contribution in [1.82, 2.24) is 9.78 Å². The summed E-state index contributed by atoms with van der Waals surface area (Å²) in [6.45, 7) is -0.137. The van der Waals surface area contributed by atoms with Gasteiger partial charge in [-0.3, -0.25) is 9.48 Å². The molecule has 3 aromatic rings. The number of hydrogen-bond donors (Lipinski definition) is 2. The topological polar surface area (TPSA) is 80.3 Å². The molecule has 2 aromatic heterocycles. The maximum Gasteiger partial charge on any atom is 0.224 e. The van der Waals surface area contributed by atoms with Gasteiger partial charge in [0.15, 0.2) is 0 Å². The second-order valence-electron chi connectivity index (χ2n) is 5.19. The zero-order valence-electron chi connectivity index (χ0n) is 12.2. The second-order valence-corrected chi connectivity index (χ2v) is 5.19. The molecular formula is C16H17N3O3. The molecule has 6 heteroatoms. The van der Waals surface area contributed by atoms with E-state index in [-0.39, 0.29) is 12.5 Å². The van der Waals surface area contributed by atoms with Crippen molar-refractivity contribution in [3.8, 4) is 0 Å². The van der Waals surface area contributed by atoms with Crippen LogP contribution >= 0.6 is 0 Å². The molecule has 0 saturated carbocycles. The van der Waals surface area contributed by atoms with Crippen molar-refractivity contribution in [2.24, 2.45) is 7.05 Å². The zero-order chi connectivity index (χ0) is 15.5. The Balaban J connectivity index is 1.63. The number of nitrogens with one attached hydrogen (secondary N) is 1. The van der Waals surface area contributed by atoms with Crippen LogP contribution in [0.1, 0.15) is 17.7 Å². The average molecular weight is 299 g/mol. The first kappa shape index (κ1) is 14.3. The summed E-state index contributed by atoms with van der Waals surface area (Å²) in [5.74, 6) is 0.462. The second kappa shape index (κ2) is 6.03. The van der Waals surface area contributed by atoms with Crippen LogP contribution in [0.5, 0.6) is 0 Å². The molecule has 1 amide bonds. The first-order valence-corrected chi connectivity index (χ1v) is 7.05. The minimum absolute atomic E-state index is 0.0471. The number of aliphatic hydroxyl groups is 1. The predicted octanol–water partition coefficient (Wildman–Crippen LogP) is 2.23. The zero-order valence-corrected chi connectivity index (χ0v) is 12.2. The van der Waals surface area contributed by atoms with Crippen LogP contribution in [0.2, 0.25) is 0 Å². The Labute approximate surface area is 127 Å². The van der Waals surface area contributed by atoms with E-state index in [1.165, 1.54) is 0 Å². The number of nitrogens with zero attached hydrogens (tertiary/aromatic N) is 2. The fourth-order valence-electron chi connectivity index (χ4n) is 2.34. The van der Waals surface area contributed by atoms with Crippen molar-refractivity contribution in [3.05, 3.63) is 48.0 Å². The highest BCUT2D eigenvalue weighted by molar-refractivity contribution is 5.93. The molecule has 0 atom stereocenters. The quantitative estimate of drug-likeness (QED) is 0.757. The Hall–Kier alpha value is -2.60. The molecule has 0 fully saturated rings. The molecule has 0 unspecified atom stereocenters. The first-order valence-electron chi connectivity index (χ1n) is 7.05. The van der Waals surface area contributed by atoms with Gasteiger partial charge in [0, 0.05) is 30.7 Å². The SMILES string of the molecule is Cn1cc(CCC(=O)Nc2ccc3oc(CO)cc3c2)cn1. The fraction of sp³-hybridized carbons (Fsp3) is 0.250. The molecule has 0 aliphatic carbocycles. The number of carbonyl (C=O) groups is 1. The van der Waals surface area contributed by atoms with Crippen molar-refractivity contribution in [1.29, 1.82) is 0 Å². The largest absolute Gasteiger partial charge is 0.459 e. The highest BCUT2D eigenvalue weighted by atomic mass is 16.4. The smallest absolute Gasteiger partial charge is 0.224 e. The van der Waals surface area contributed by atoms with E-state index >= 15 is 0 Å². The summed E-state index contributed by atoms with van der Waals surface area (Å²) in [6.07, 6.45) is 4.72. The molecular weight excluding hydrogens is 282 g/mol. The molecule has 3 rings (SSSR count). The van der Waals surface area contributed by atoms with E-state index in [1.54, 1.807) is 29.1 Å². The van der Waals surface area contributed by atoms with Gasteiger partial charge in [-0.15, -0.1) is 0 Å². The average Bonchev–Trinajstić information content (AvgIpc) is 3.10. The third-order valence-electron chi connectivity index (χ3n) is 3.41. The van der Waals surface area contributed by atoms with Gasteiger partial charge in [-0.2, -0.15) is 5.10 Å². The van der Waals surface area contributed by atoms with Crippen LogP contribution in [0.4, 0.5) is 5.69 Å². The van der Waals surface area contributed by atoms with Gasteiger partial charge in [0.05, 0.1) is 6.20 Å². The lowest BCUT2D eigenvalue weighted by atomic mass is 10.2. The highest BCUT2D eigenvalue weighted by Gasteiger charge is 2.07. The number of benzene rings is 1. The van der Waals surface area contributed by atoms with E-state index in [2.05, 4.69) is 10.4 Å². The molecule has 0 aliphatic rings. The van der Waals surface area contributed by atoms with Gasteiger partial charge in [-0.1, -0.05) is 0 Å². The third kappa shape index (κ3) is 3.17. The van der Waals surface area contributed by atoms with Crippen LogP contribution in [0, 0.1) is 0 Å². The Morgan fingerprint density at radius 1 is 1.41 bits per heavy atom. The lowest BCUT2D eigenvalue weighted by molar-refractivity contribution is -0.116. The van der Waals surface area contributed by atoms with Crippen LogP contribution in [0.15, 0.2) is 41.1 Å².